The molecule has 1 saturated heterocycles. The van der Waals surface area contributed by atoms with Gasteiger partial charge < -0.3 is 0 Å². The highest BCUT2D eigenvalue weighted by Gasteiger charge is 2.52. The third kappa shape index (κ3) is 5.09. The number of carbonyl (C=O) groups excluding carboxylic acids is 2. The second kappa shape index (κ2) is 10.7. The Kier molecular flexibility index (Phi) is 7.53. The zero-order valence-corrected chi connectivity index (χ0v) is 20.4. The molecule has 3 amide bonds. The first-order valence-corrected chi connectivity index (χ1v) is 12.1. The quantitative estimate of drug-likeness (QED) is 0.402. The highest BCUT2D eigenvalue weighted by atomic mass is 16.2. The van der Waals surface area contributed by atoms with Crippen molar-refractivity contribution in [3.05, 3.63) is 71.8 Å². The van der Waals surface area contributed by atoms with Gasteiger partial charge in [-0.3, -0.25) is 19.5 Å². The number of imide groups is 1. The lowest BCUT2D eigenvalue weighted by Gasteiger charge is -2.30. The Morgan fingerprint density at radius 2 is 1.44 bits per heavy atom. The molecule has 2 aliphatic rings. The first-order valence-electron chi connectivity index (χ1n) is 12.1. The number of hydrogen-bond acceptors (Lipinski definition) is 4. The van der Waals surface area contributed by atoms with Gasteiger partial charge >= 0.3 is 11.9 Å². The van der Waals surface area contributed by atoms with Crippen molar-refractivity contribution in [2.45, 2.75) is 45.3 Å². The fraction of sp³-hybridized carbons (Fsp3) is 0.407. The standard InChI is InChI=1S/C27H34N5O2/c1-4-5-12-17-32-23(28-25-24(32)26(33)30(3)27(34)29(25)2)20-31(18-21-13-8-6-9-14-21)19-22-15-10-7-11-16-22/h6-11,13-16,24H,4-5,12,17-20H2,1-3H3/q+1. The van der Waals surface area contributed by atoms with E-state index >= 15 is 0 Å². The molecule has 4 rings (SSSR count). The number of amidine groups is 2. The molecule has 0 radical (unpaired) electrons. The number of likely N-dealkylation sites (N-methyl/N-ethyl adjacent to an activating group) is 2. The van der Waals surface area contributed by atoms with Crippen molar-refractivity contribution in [1.29, 1.82) is 0 Å². The van der Waals surface area contributed by atoms with Crippen LogP contribution in [-0.2, 0) is 17.9 Å². The summed E-state index contributed by atoms with van der Waals surface area (Å²) in [5.41, 5.74) is 2.45. The second-order valence-electron chi connectivity index (χ2n) is 9.04. The lowest BCUT2D eigenvalue weighted by atomic mass is 10.1. The van der Waals surface area contributed by atoms with Crippen LogP contribution < -0.4 is 0 Å². The topological polar surface area (TPSA) is 59.2 Å². The normalized spacial score (nSPS) is 18.1. The summed E-state index contributed by atoms with van der Waals surface area (Å²) in [5.74, 6) is 1.19. The molecule has 1 atom stereocenters. The lowest BCUT2D eigenvalue weighted by Crippen LogP contribution is -2.61. The van der Waals surface area contributed by atoms with Crippen LogP contribution in [0.2, 0.25) is 0 Å². The van der Waals surface area contributed by atoms with Gasteiger partial charge in [-0.1, -0.05) is 74.0 Å². The molecule has 1 fully saturated rings. The highest BCUT2D eigenvalue weighted by molar-refractivity contribution is 6.23. The molecule has 2 aromatic rings. The van der Waals surface area contributed by atoms with Crippen LogP contribution in [0.15, 0.2) is 65.7 Å². The number of hydrogen-bond donors (Lipinski definition) is 0. The van der Waals surface area contributed by atoms with Crippen LogP contribution in [0.3, 0.4) is 0 Å². The fourth-order valence-corrected chi connectivity index (χ4v) is 4.62. The van der Waals surface area contributed by atoms with Crippen molar-refractivity contribution in [2.24, 2.45) is 4.99 Å². The number of amides is 3. The lowest BCUT2D eigenvalue weighted by molar-refractivity contribution is -0.537. The number of nitrogens with zero attached hydrogens (tertiary/aromatic N) is 5. The predicted octanol–water partition coefficient (Wildman–Crippen LogP) is 3.59. The SMILES string of the molecule is CCCCC[N+]1=C(CN(Cc2ccccc2)Cc2ccccc2)N=C2C1C(=O)N(C)C(=O)N2C. The number of carbonyl (C=O) groups is 2. The third-order valence-corrected chi connectivity index (χ3v) is 6.48. The zero-order valence-electron chi connectivity index (χ0n) is 20.4. The van der Waals surface area contributed by atoms with Crippen molar-refractivity contribution in [2.75, 3.05) is 27.2 Å². The summed E-state index contributed by atoms with van der Waals surface area (Å²) in [5, 5.41) is 0. The highest BCUT2D eigenvalue weighted by Crippen LogP contribution is 2.21. The summed E-state index contributed by atoms with van der Waals surface area (Å²) < 4.78 is 2.12. The molecule has 0 N–H and O–H groups in total. The van der Waals surface area contributed by atoms with Crippen LogP contribution in [0.1, 0.15) is 37.3 Å². The largest absolute Gasteiger partial charge is 0.333 e. The fourth-order valence-electron chi connectivity index (χ4n) is 4.62. The molecule has 2 aromatic carbocycles. The minimum atomic E-state index is -0.533. The Balaban J connectivity index is 1.66. The maximum Gasteiger partial charge on any atom is 0.333 e. The summed E-state index contributed by atoms with van der Waals surface area (Å²) in [4.78, 5) is 35.7. The third-order valence-electron chi connectivity index (χ3n) is 6.48. The van der Waals surface area contributed by atoms with E-state index in [-0.39, 0.29) is 11.9 Å². The maximum absolute atomic E-state index is 13.1. The van der Waals surface area contributed by atoms with Crippen molar-refractivity contribution in [1.82, 2.24) is 14.7 Å². The van der Waals surface area contributed by atoms with Gasteiger partial charge in [0.2, 0.25) is 0 Å². The van der Waals surface area contributed by atoms with Gasteiger partial charge in [0.1, 0.15) is 6.54 Å². The summed E-state index contributed by atoms with van der Waals surface area (Å²) in [6, 6.07) is 19.9. The first-order chi connectivity index (χ1) is 16.5. The van der Waals surface area contributed by atoms with Gasteiger partial charge in [-0.15, -0.1) is 0 Å². The van der Waals surface area contributed by atoms with Crippen LogP contribution in [0, 0.1) is 0 Å². The Labute approximate surface area is 202 Å². The molecule has 0 spiro atoms. The molecule has 7 heteroatoms. The van der Waals surface area contributed by atoms with E-state index in [4.69, 9.17) is 4.99 Å². The Hall–Kier alpha value is -3.32. The molecule has 7 nitrogen and oxygen atoms in total. The summed E-state index contributed by atoms with van der Waals surface area (Å²) in [7, 11) is 3.26. The molecule has 2 aliphatic heterocycles. The zero-order chi connectivity index (χ0) is 24.1. The van der Waals surface area contributed by atoms with Crippen molar-refractivity contribution >= 4 is 23.6 Å². The molecule has 34 heavy (non-hydrogen) atoms. The summed E-state index contributed by atoms with van der Waals surface area (Å²) in [6.07, 6.45) is 3.16. The van der Waals surface area contributed by atoms with E-state index in [0.29, 0.717) is 12.4 Å². The molecule has 1 unspecified atom stereocenters. The molecule has 2 heterocycles. The van der Waals surface area contributed by atoms with Gasteiger partial charge in [0.25, 0.3) is 17.8 Å². The number of urea groups is 1. The smallest absolute Gasteiger partial charge is 0.284 e. The van der Waals surface area contributed by atoms with Gasteiger partial charge in [0.15, 0.2) is 0 Å². The van der Waals surface area contributed by atoms with Crippen LogP contribution in [0.5, 0.6) is 0 Å². The predicted molar refractivity (Wildman–Crippen MR) is 134 cm³/mol. The van der Waals surface area contributed by atoms with E-state index < -0.39 is 6.04 Å². The first kappa shape index (κ1) is 23.8. The number of benzene rings is 2. The molecular formula is C27H34N5O2+. The van der Waals surface area contributed by atoms with Crippen LogP contribution >= 0.6 is 0 Å². The average Bonchev–Trinajstić information content (AvgIpc) is 3.21. The molecule has 0 aliphatic carbocycles. The Bertz CT molecular complexity index is 1040. The molecular weight excluding hydrogens is 426 g/mol. The molecule has 0 saturated carbocycles. The van der Waals surface area contributed by atoms with E-state index in [1.165, 1.54) is 20.9 Å². The monoisotopic (exact) mass is 460 g/mol. The summed E-state index contributed by atoms with van der Waals surface area (Å²) in [6.45, 7) is 5.03. The van der Waals surface area contributed by atoms with E-state index in [1.807, 2.05) is 12.1 Å². The van der Waals surface area contributed by atoms with Crippen molar-refractivity contribution in [3.8, 4) is 0 Å². The number of rotatable bonds is 10. The van der Waals surface area contributed by atoms with E-state index in [0.717, 1.165) is 44.7 Å². The van der Waals surface area contributed by atoms with E-state index in [1.54, 1.807) is 14.1 Å². The average molecular weight is 461 g/mol. The van der Waals surface area contributed by atoms with Crippen molar-refractivity contribution in [3.63, 3.8) is 0 Å². The number of aliphatic imine (C=N–C) groups is 1. The molecule has 0 aromatic heterocycles. The van der Waals surface area contributed by atoms with Gasteiger partial charge in [0, 0.05) is 27.2 Å². The van der Waals surface area contributed by atoms with Crippen molar-refractivity contribution < 1.29 is 14.2 Å². The Morgan fingerprint density at radius 3 is 2.00 bits per heavy atom. The second-order valence-corrected chi connectivity index (χ2v) is 9.04. The maximum atomic E-state index is 13.1. The van der Waals surface area contributed by atoms with Gasteiger partial charge in [-0.25, -0.2) is 9.37 Å². The molecule has 0 bridgehead atoms. The minimum Gasteiger partial charge on any atom is -0.284 e. The van der Waals surface area contributed by atoms with Crippen LogP contribution in [0.4, 0.5) is 4.79 Å². The van der Waals surface area contributed by atoms with Gasteiger partial charge in [-0.05, 0) is 29.0 Å². The van der Waals surface area contributed by atoms with Gasteiger partial charge in [0.05, 0.1) is 6.54 Å². The number of fused-ring (bicyclic) bond motifs is 1. The minimum absolute atomic E-state index is 0.203. The van der Waals surface area contributed by atoms with E-state index in [2.05, 4.69) is 64.9 Å². The Morgan fingerprint density at radius 1 is 0.853 bits per heavy atom. The van der Waals surface area contributed by atoms with Gasteiger partial charge in [-0.2, -0.15) is 0 Å². The van der Waals surface area contributed by atoms with Crippen LogP contribution in [-0.4, -0.2) is 76.1 Å². The van der Waals surface area contributed by atoms with Crippen LogP contribution in [0.25, 0.3) is 0 Å². The molecule has 178 valence electrons. The number of unbranched alkanes of at least 4 members (excludes halogenated alkanes) is 2. The van der Waals surface area contributed by atoms with E-state index in [9.17, 15) is 9.59 Å². The summed E-state index contributed by atoms with van der Waals surface area (Å²) >= 11 is 0.